The Bertz CT molecular complexity index is 816. The quantitative estimate of drug-likeness (QED) is 0.640. The van der Waals surface area contributed by atoms with Gasteiger partial charge in [-0.3, -0.25) is 9.20 Å². The zero-order chi connectivity index (χ0) is 16.9. The molecule has 0 N–H and O–H groups in total. The van der Waals surface area contributed by atoms with Crippen LogP contribution in [0.25, 0.3) is 5.52 Å². The van der Waals surface area contributed by atoms with Gasteiger partial charge in [-0.05, 0) is 31.5 Å². The maximum absolute atomic E-state index is 12.8. The van der Waals surface area contributed by atoms with Gasteiger partial charge >= 0.3 is 0 Å². The van der Waals surface area contributed by atoms with Crippen LogP contribution < -0.4 is 0 Å². The van der Waals surface area contributed by atoms with E-state index in [2.05, 4.69) is 17.1 Å². The second-order valence-corrected chi connectivity index (χ2v) is 6.94. The first-order valence-electron chi connectivity index (χ1n) is 8.10. The van der Waals surface area contributed by atoms with E-state index in [0.29, 0.717) is 13.1 Å². The third-order valence-electron chi connectivity index (χ3n) is 3.94. The summed E-state index contributed by atoms with van der Waals surface area (Å²) >= 11 is 1.50. The smallest absolute Gasteiger partial charge is 0.236 e. The Labute approximate surface area is 146 Å². The molecule has 0 aliphatic carbocycles. The van der Waals surface area contributed by atoms with Gasteiger partial charge in [-0.25, -0.2) is 4.98 Å². The molecule has 0 aliphatic rings. The van der Waals surface area contributed by atoms with Crippen molar-refractivity contribution in [2.45, 2.75) is 30.8 Å². The van der Waals surface area contributed by atoms with Crippen LogP contribution in [0.5, 0.6) is 0 Å². The fraction of sp³-hybridized carbons (Fsp3) is 0.263. The molecule has 124 valence electrons. The van der Waals surface area contributed by atoms with Gasteiger partial charge < -0.3 is 4.90 Å². The van der Waals surface area contributed by atoms with Crippen LogP contribution in [0.2, 0.25) is 0 Å². The molecule has 0 saturated heterocycles. The topological polar surface area (TPSA) is 37.6 Å². The summed E-state index contributed by atoms with van der Waals surface area (Å²) in [6.07, 6.45) is 3.81. The fourth-order valence-electron chi connectivity index (χ4n) is 2.62. The number of carbonyl (C=O) groups excluding carboxylic acids is 1. The summed E-state index contributed by atoms with van der Waals surface area (Å²) in [5.74, 6) is 0.138. The molecular weight excluding hydrogens is 318 g/mol. The number of hydrogen-bond acceptors (Lipinski definition) is 3. The average molecular weight is 339 g/mol. The van der Waals surface area contributed by atoms with Crippen LogP contribution in [0.1, 0.15) is 19.4 Å². The Morgan fingerprint density at radius 3 is 2.71 bits per heavy atom. The van der Waals surface area contributed by atoms with Crippen LogP contribution in [-0.4, -0.2) is 32.0 Å². The zero-order valence-corrected chi connectivity index (χ0v) is 14.7. The van der Waals surface area contributed by atoms with Crippen molar-refractivity contribution in [3.05, 3.63) is 66.5 Å². The molecule has 3 aromatic rings. The van der Waals surface area contributed by atoms with Crippen LogP contribution in [0.4, 0.5) is 0 Å². The van der Waals surface area contributed by atoms with Gasteiger partial charge in [0.2, 0.25) is 5.91 Å². The van der Waals surface area contributed by atoms with E-state index in [4.69, 9.17) is 0 Å². The van der Waals surface area contributed by atoms with Crippen LogP contribution in [0.15, 0.2) is 66.1 Å². The summed E-state index contributed by atoms with van der Waals surface area (Å²) in [6.45, 7) is 5.30. The molecule has 2 heterocycles. The van der Waals surface area contributed by atoms with Crippen molar-refractivity contribution in [2.75, 3.05) is 6.54 Å². The highest BCUT2D eigenvalue weighted by molar-refractivity contribution is 8.00. The molecule has 1 atom stereocenters. The van der Waals surface area contributed by atoms with E-state index < -0.39 is 0 Å². The van der Waals surface area contributed by atoms with Gasteiger partial charge in [0.25, 0.3) is 0 Å². The van der Waals surface area contributed by atoms with Crippen LogP contribution in [-0.2, 0) is 11.3 Å². The zero-order valence-electron chi connectivity index (χ0n) is 13.9. The highest BCUT2D eigenvalue weighted by atomic mass is 32.2. The van der Waals surface area contributed by atoms with Crippen molar-refractivity contribution in [1.82, 2.24) is 14.3 Å². The molecule has 24 heavy (non-hydrogen) atoms. The Kier molecular flexibility index (Phi) is 5.20. The molecule has 1 aromatic carbocycles. The van der Waals surface area contributed by atoms with Crippen molar-refractivity contribution in [2.24, 2.45) is 0 Å². The van der Waals surface area contributed by atoms with Gasteiger partial charge in [0.1, 0.15) is 0 Å². The fourth-order valence-corrected chi connectivity index (χ4v) is 3.58. The van der Waals surface area contributed by atoms with Gasteiger partial charge in [-0.15, -0.1) is 0 Å². The molecule has 1 amide bonds. The summed E-state index contributed by atoms with van der Waals surface area (Å²) in [5.41, 5.74) is 2.19. The average Bonchev–Trinajstić information content (AvgIpc) is 3.03. The lowest BCUT2D eigenvalue weighted by atomic mass is 10.2. The third kappa shape index (κ3) is 3.62. The molecule has 4 nitrogen and oxygen atoms in total. The predicted octanol–water partition coefficient (Wildman–Crippen LogP) is 3.86. The SMILES string of the molecule is CCN(Cc1ccccc1)C(=O)C(C)Sc1ncc2ccccn12. The van der Waals surface area contributed by atoms with Crippen molar-refractivity contribution in [3.8, 4) is 0 Å². The lowest BCUT2D eigenvalue weighted by molar-refractivity contribution is -0.130. The number of nitrogens with zero attached hydrogens (tertiary/aromatic N) is 3. The number of carbonyl (C=O) groups is 1. The minimum Gasteiger partial charge on any atom is -0.338 e. The predicted molar refractivity (Wildman–Crippen MR) is 98.0 cm³/mol. The number of fused-ring (bicyclic) bond motifs is 1. The molecule has 5 heteroatoms. The van der Waals surface area contributed by atoms with Gasteiger partial charge in [-0.1, -0.05) is 48.2 Å². The molecule has 0 bridgehead atoms. The van der Waals surface area contributed by atoms with E-state index in [-0.39, 0.29) is 11.2 Å². The maximum Gasteiger partial charge on any atom is 0.236 e. The van der Waals surface area contributed by atoms with E-state index in [1.807, 2.05) is 71.9 Å². The van der Waals surface area contributed by atoms with E-state index >= 15 is 0 Å². The molecule has 0 saturated carbocycles. The summed E-state index contributed by atoms with van der Waals surface area (Å²) in [5, 5.41) is 0.668. The van der Waals surface area contributed by atoms with Gasteiger partial charge in [0.05, 0.1) is 17.0 Å². The molecule has 1 unspecified atom stereocenters. The minimum atomic E-state index is -0.181. The number of imidazole rings is 1. The van der Waals surface area contributed by atoms with Crippen LogP contribution in [0, 0.1) is 0 Å². The van der Waals surface area contributed by atoms with Gasteiger partial charge in [0.15, 0.2) is 5.16 Å². The first-order chi connectivity index (χ1) is 11.7. The van der Waals surface area contributed by atoms with Gasteiger partial charge in [-0.2, -0.15) is 0 Å². The normalized spacial score (nSPS) is 12.2. The number of benzene rings is 1. The van der Waals surface area contributed by atoms with E-state index in [9.17, 15) is 4.79 Å². The minimum absolute atomic E-state index is 0.138. The molecule has 0 fully saturated rings. The highest BCUT2D eigenvalue weighted by Crippen LogP contribution is 2.24. The monoisotopic (exact) mass is 339 g/mol. The lowest BCUT2D eigenvalue weighted by Crippen LogP contribution is -2.36. The van der Waals surface area contributed by atoms with Crippen molar-refractivity contribution < 1.29 is 4.79 Å². The van der Waals surface area contributed by atoms with Crippen LogP contribution >= 0.6 is 11.8 Å². The van der Waals surface area contributed by atoms with Gasteiger partial charge in [0, 0.05) is 19.3 Å². The number of pyridine rings is 1. The maximum atomic E-state index is 12.8. The molecule has 0 radical (unpaired) electrons. The van der Waals surface area contributed by atoms with E-state index in [1.54, 1.807) is 0 Å². The Hall–Kier alpha value is -2.27. The first kappa shape index (κ1) is 16.6. The molecular formula is C19H21N3OS. The first-order valence-corrected chi connectivity index (χ1v) is 8.98. The van der Waals surface area contributed by atoms with Crippen molar-refractivity contribution in [3.63, 3.8) is 0 Å². The summed E-state index contributed by atoms with van der Waals surface area (Å²) in [4.78, 5) is 19.1. The second-order valence-electron chi connectivity index (χ2n) is 5.63. The van der Waals surface area contributed by atoms with E-state index in [0.717, 1.165) is 16.2 Å². The number of hydrogen-bond donors (Lipinski definition) is 0. The molecule has 2 aromatic heterocycles. The lowest BCUT2D eigenvalue weighted by Gasteiger charge is -2.24. The van der Waals surface area contributed by atoms with Crippen LogP contribution in [0.3, 0.4) is 0 Å². The number of aromatic nitrogens is 2. The summed E-state index contributed by atoms with van der Waals surface area (Å²) < 4.78 is 2.02. The number of thioether (sulfide) groups is 1. The summed E-state index contributed by atoms with van der Waals surface area (Å²) in [6, 6.07) is 16.1. The highest BCUT2D eigenvalue weighted by Gasteiger charge is 2.22. The van der Waals surface area contributed by atoms with Crippen molar-refractivity contribution >= 4 is 23.2 Å². The molecule has 3 rings (SSSR count). The number of rotatable bonds is 6. The van der Waals surface area contributed by atoms with E-state index in [1.165, 1.54) is 11.8 Å². The molecule has 0 spiro atoms. The Morgan fingerprint density at radius 2 is 1.96 bits per heavy atom. The van der Waals surface area contributed by atoms with Crippen molar-refractivity contribution in [1.29, 1.82) is 0 Å². The number of amides is 1. The summed E-state index contributed by atoms with van der Waals surface area (Å²) in [7, 11) is 0. The third-order valence-corrected chi connectivity index (χ3v) is 5.01. The Balaban J connectivity index is 1.71. The largest absolute Gasteiger partial charge is 0.338 e. The Morgan fingerprint density at radius 1 is 1.21 bits per heavy atom. The second kappa shape index (κ2) is 7.53. The molecule has 0 aliphatic heterocycles. The standard InChI is InChI=1S/C19H21N3OS/c1-3-21(14-16-9-5-4-6-10-16)18(23)15(2)24-19-20-13-17-11-7-8-12-22(17)19/h4-13,15H,3,14H2,1-2H3.